The topological polar surface area (TPSA) is 187 Å². The van der Waals surface area contributed by atoms with E-state index in [1.54, 1.807) is 6.26 Å². The van der Waals surface area contributed by atoms with Crippen LogP contribution >= 0.6 is 0 Å². The number of hydrogen-bond donors (Lipinski definition) is 6. The minimum atomic E-state index is -1.36. The first-order chi connectivity index (χ1) is 21.7. The summed E-state index contributed by atoms with van der Waals surface area (Å²) in [6, 6.07) is -0.958. The average molecular weight is 642 g/mol. The summed E-state index contributed by atoms with van der Waals surface area (Å²) < 4.78 is 17.1. The molecule has 258 valence electrons. The van der Waals surface area contributed by atoms with Crippen LogP contribution in [0.2, 0.25) is 0 Å². The van der Waals surface area contributed by atoms with E-state index in [0.29, 0.717) is 51.1 Å². The largest absolute Gasteiger partial charge is 0.496 e. The Hall–Kier alpha value is -2.29. The van der Waals surface area contributed by atoms with Gasteiger partial charge in [0.05, 0.1) is 19.4 Å². The van der Waals surface area contributed by atoms with E-state index in [2.05, 4.69) is 16.7 Å². The molecule has 0 spiro atoms. The Morgan fingerprint density at radius 3 is 2.44 bits per heavy atom. The van der Waals surface area contributed by atoms with Crippen LogP contribution in [-0.2, 0) is 28.6 Å². The van der Waals surface area contributed by atoms with Gasteiger partial charge in [-0.2, -0.15) is 0 Å². The Labute approximate surface area is 266 Å². The van der Waals surface area contributed by atoms with Crippen molar-refractivity contribution in [3.63, 3.8) is 0 Å². The first kappa shape index (κ1) is 37.2. The minimum absolute atomic E-state index is 0.0113. The summed E-state index contributed by atoms with van der Waals surface area (Å²) in [5.41, 5.74) is 0. The molecular weight excluding hydrogens is 586 g/mol. The molecule has 0 bridgehead atoms. The van der Waals surface area contributed by atoms with Crippen LogP contribution in [0.5, 0.6) is 0 Å². The smallest absolute Gasteiger partial charge is 0.222 e. The number of aliphatic hydroxyl groups excluding tert-OH is 4. The van der Waals surface area contributed by atoms with Gasteiger partial charge in [-0.25, -0.2) is 0 Å². The lowest BCUT2D eigenvalue weighted by Crippen LogP contribution is -2.64. The van der Waals surface area contributed by atoms with Crippen molar-refractivity contribution in [1.29, 1.82) is 0 Å². The summed E-state index contributed by atoms with van der Waals surface area (Å²) >= 11 is 0. The summed E-state index contributed by atoms with van der Waals surface area (Å²) in [5.74, 6) is 0.279. The van der Waals surface area contributed by atoms with Crippen molar-refractivity contribution in [3.05, 3.63) is 12.3 Å². The fourth-order valence-electron chi connectivity index (χ4n) is 6.01. The highest BCUT2D eigenvalue weighted by atomic mass is 16.7. The maximum Gasteiger partial charge on any atom is 0.222 e. The Balaban J connectivity index is 1.21. The van der Waals surface area contributed by atoms with Gasteiger partial charge in [0.25, 0.3) is 0 Å². The Morgan fingerprint density at radius 2 is 1.76 bits per heavy atom. The van der Waals surface area contributed by atoms with E-state index in [-0.39, 0.29) is 37.2 Å². The fourth-order valence-corrected chi connectivity index (χ4v) is 6.01. The van der Waals surface area contributed by atoms with Crippen LogP contribution in [-0.4, -0.2) is 119 Å². The molecule has 0 aromatic heterocycles. The summed E-state index contributed by atoms with van der Waals surface area (Å²) in [5, 5.41) is 44.7. The molecule has 1 aliphatic carbocycles. The number of ether oxygens (including phenoxy) is 3. The first-order valence-electron chi connectivity index (χ1n) is 16.7. The molecule has 0 aromatic rings. The van der Waals surface area contributed by atoms with Gasteiger partial charge in [0.1, 0.15) is 30.5 Å². The Kier molecular flexibility index (Phi) is 16.6. The maximum atomic E-state index is 12.9. The molecule has 3 amide bonds. The molecule has 1 saturated carbocycles. The quantitative estimate of drug-likeness (QED) is 0.0823. The predicted octanol–water partition coefficient (Wildman–Crippen LogP) is 0.866. The van der Waals surface area contributed by atoms with Gasteiger partial charge in [0, 0.05) is 52.0 Å². The van der Waals surface area contributed by atoms with Gasteiger partial charge in [-0.1, -0.05) is 19.3 Å². The summed E-state index contributed by atoms with van der Waals surface area (Å²) in [6.07, 6.45) is 9.37. The molecule has 2 saturated heterocycles. The van der Waals surface area contributed by atoms with Crippen molar-refractivity contribution in [1.82, 2.24) is 15.5 Å². The monoisotopic (exact) mass is 641 g/mol. The lowest BCUT2D eigenvalue weighted by molar-refractivity contribution is -0.270. The van der Waals surface area contributed by atoms with E-state index in [0.717, 1.165) is 32.1 Å². The van der Waals surface area contributed by atoms with Crippen molar-refractivity contribution in [3.8, 4) is 0 Å². The summed E-state index contributed by atoms with van der Waals surface area (Å²) in [4.78, 5) is 38.5. The van der Waals surface area contributed by atoms with Crippen LogP contribution in [0, 0.1) is 5.92 Å². The van der Waals surface area contributed by atoms with Crippen LogP contribution in [0.3, 0.4) is 0 Å². The second-order valence-electron chi connectivity index (χ2n) is 12.5. The van der Waals surface area contributed by atoms with E-state index in [1.807, 2.05) is 4.90 Å². The molecular formula is C32H55N3O10. The van der Waals surface area contributed by atoms with Gasteiger partial charge in [0.15, 0.2) is 6.29 Å². The highest BCUT2D eigenvalue weighted by Crippen LogP contribution is 2.29. The standard InChI is InChI=1S/C32H55N3O10/c1-22(38)34-29-31(42)30(41)26(21-37)45-32(29)44-17-7-3-4-11-27(39)33-15-6-2-5-12-28(40)35-20-25(19-24(35)13-16-36)43-18-14-23-9-8-10-23/h14,18,23-26,29-32,36-37,41-42H,2-13,15-17,19-21H2,1H3,(H,33,39)(H,34,38)/b18-14+/t24-,25-,26?,29?,30?,31?,32?/m1/s1. The lowest BCUT2D eigenvalue weighted by atomic mass is 9.86. The Morgan fingerprint density at radius 1 is 1.00 bits per heavy atom. The number of hydrogen-bond acceptors (Lipinski definition) is 10. The SMILES string of the molecule is CC(=O)NC1C(OCCCCCC(=O)NCCCCCC(=O)N2C[C@H](O/C=C/C3CCC3)C[C@H]2CCO)OC(CO)C(O)C1O. The second kappa shape index (κ2) is 20.1. The number of nitrogens with zero attached hydrogens (tertiary/aromatic N) is 1. The number of allylic oxidation sites excluding steroid dienone is 1. The predicted molar refractivity (Wildman–Crippen MR) is 164 cm³/mol. The highest BCUT2D eigenvalue weighted by Gasteiger charge is 2.45. The van der Waals surface area contributed by atoms with Crippen molar-refractivity contribution >= 4 is 17.7 Å². The number of rotatable bonds is 20. The van der Waals surface area contributed by atoms with E-state index in [1.165, 1.54) is 26.2 Å². The van der Waals surface area contributed by atoms with Crippen molar-refractivity contribution in [2.75, 3.05) is 32.9 Å². The number of unbranched alkanes of at least 4 members (excludes halogenated alkanes) is 4. The van der Waals surface area contributed by atoms with Gasteiger partial charge < -0.3 is 50.2 Å². The van der Waals surface area contributed by atoms with Crippen LogP contribution in [0.1, 0.15) is 90.4 Å². The molecule has 0 aromatic carbocycles. The van der Waals surface area contributed by atoms with Gasteiger partial charge in [0.2, 0.25) is 17.7 Å². The molecule has 13 heteroatoms. The zero-order valence-corrected chi connectivity index (χ0v) is 26.7. The van der Waals surface area contributed by atoms with E-state index < -0.39 is 43.2 Å². The maximum absolute atomic E-state index is 12.9. The minimum Gasteiger partial charge on any atom is -0.496 e. The number of likely N-dealkylation sites (tertiary alicyclic amines) is 1. The molecule has 45 heavy (non-hydrogen) atoms. The third-order valence-corrected chi connectivity index (χ3v) is 8.90. The van der Waals surface area contributed by atoms with Gasteiger partial charge in [-0.05, 0) is 56.9 Å². The number of amides is 3. The third-order valence-electron chi connectivity index (χ3n) is 8.90. The lowest BCUT2D eigenvalue weighted by Gasteiger charge is -2.42. The zero-order chi connectivity index (χ0) is 32.6. The van der Waals surface area contributed by atoms with Crippen LogP contribution in [0.4, 0.5) is 0 Å². The second-order valence-corrected chi connectivity index (χ2v) is 12.5. The molecule has 2 aliphatic heterocycles. The molecule has 13 nitrogen and oxygen atoms in total. The van der Waals surface area contributed by atoms with Crippen LogP contribution < -0.4 is 10.6 Å². The number of carbonyl (C=O) groups excluding carboxylic acids is 3. The third kappa shape index (κ3) is 12.4. The number of carbonyl (C=O) groups is 3. The molecule has 2 heterocycles. The molecule has 5 unspecified atom stereocenters. The van der Waals surface area contributed by atoms with E-state index in [9.17, 15) is 34.8 Å². The van der Waals surface area contributed by atoms with Crippen molar-refractivity contribution in [2.24, 2.45) is 5.92 Å². The Bertz CT molecular complexity index is 933. The normalized spacial score (nSPS) is 28.6. The molecule has 7 atom stereocenters. The highest BCUT2D eigenvalue weighted by molar-refractivity contribution is 5.77. The van der Waals surface area contributed by atoms with E-state index in [4.69, 9.17) is 14.2 Å². The number of aliphatic hydroxyl groups is 4. The molecule has 3 fully saturated rings. The van der Waals surface area contributed by atoms with Crippen LogP contribution in [0.15, 0.2) is 12.3 Å². The first-order valence-corrected chi connectivity index (χ1v) is 16.7. The fraction of sp³-hybridized carbons (Fsp3) is 0.844. The van der Waals surface area contributed by atoms with Crippen molar-refractivity contribution in [2.45, 2.75) is 133 Å². The molecule has 3 aliphatic rings. The number of nitrogens with one attached hydrogen (secondary N) is 2. The van der Waals surface area contributed by atoms with Gasteiger partial charge in [-0.15, -0.1) is 0 Å². The van der Waals surface area contributed by atoms with Crippen molar-refractivity contribution < 1.29 is 49.0 Å². The van der Waals surface area contributed by atoms with Gasteiger partial charge in [-0.3, -0.25) is 14.4 Å². The average Bonchev–Trinajstić information content (AvgIpc) is 3.39. The summed E-state index contributed by atoms with van der Waals surface area (Å²) in [6.45, 7) is 2.20. The zero-order valence-electron chi connectivity index (χ0n) is 26.7. The molecule has 6 N–H and O–H groups in total. The van der Waals surface area contributed by atoms with Crippen LogP contribution in [0.25, 0.3) is 0 Å². The molecule has 0 radical (unpaired) electrons. The van der Waals surface area contributed by atoms with E-state index >= 15 is 0 Å². The molecule has 3 rings (SSSR count). The van der Waals surface area contributed by atoms with Gasteiger partial charge >= 0.3 is 0 Å². The summed E-state index contributed by atoms with van der Waals surface area (Å²) in [7, 11) is 0.